The van der Waals surface area contributed by atoms with Crippen LogP contribution in [0.3, 0.4) is 0 Å². The van der Waals surface area contributed by atoms with Crippen LogP contribution in [-0.4, -0.2) is 59.8 Å². The SMILES string of the molecule is COc1nc(NC2CCC(F)(F)CC2)c(F)cc1CNC(=O)[C@@H]1CCCN1.O=C(O)C(F)(F)F. The van der Waals surface area contributed by atoms with Gasteiger partial charge in [-0.1, -0.05) is 0 Å². The van der Waals surface area contributed by atoms with Gasteiger partial charge in [0.15, 0.2) is 11.6 Å². The molecule has 2 aliphatic rings. The zero-order chi connectivity index (χ0) is 25.5. The lowest BCUT2D eigenvalue weighted by Gasteiger charge is -2.29. The molecule has 0 spiro atoms. The number of carbonyl (C=O) groups is 2. The molecule has 1 aromatic rings. The number of methoxy groups -OCH3 is 1. The van der Waals surface area contributed by atoms with Gasteiger partial charge in [-0.3, -0.25) is 4.79 Å². The van der Waals surface area contributed by atoms with E-state index in [1.807, 2.05) is 0 Å². The molecule has 1 aliphatic carbocycles. The van der Waals surface area contributed by atoms with Crippen LogP contribution in [0.2, 0.25) is 0 Å². The molecule has 8 nitrogen and oxygen atoms in total. The minimum Gasteiger partial charge on any atom is -0.481 e. The number of nitrogens with zero attached hydrogens (tertiary/aromatic N) is 1. The summed E-state index contributed by atoms with van der Waals surface area (Å²) in [5.41, 5.74) is 0.419. The zero-order valence-corrected chi connectivity index (χ0v) is 18.3. The number of hydrogen-bond acceptors (Lipinski definition) is 6. The van der Waals surface area contributed by atoms with Crippen LogP contribution in [0.1, 0.15) is 44.1 Å². The Labute approximate surface area is 191 Å². The summed E-state index contributed by atoms with van der Waals surface area (Å²) in [6.45, 7) is 0.908. The molecule has 0 bridgehead atoms. The smallest absolute Gasteiger partial charge is 0.481 e. The fourth-order valence-corrected chi connectivity index (χ4v) is 3.51. The summed E-state index contributed by atoms with van der Waals surface area (Å²) in [6.07, 6.45) is -3.29. The summed E-state index contributed by atoms with van der Waals surface area (Å²) in [7, 11) is 1.41. The predicted molar refractivity (Wildman–Crippen MR) is 108 cm³/mol. The topological polar surface area (TPSA) is 113 Å². The van der Waals surface area contributed by atoms with Crippen molar-refractivity contribution in [2.24, 2.45) is 0 Å². The van der Waals surface area contributed by atoms with Gasteiger partial charge in [0.1, 0.15) is 0 Å². The maximum absolute atomic E-state index is 14.4. The van der Waals surface area contributed by atoms with Gasteiger partial charge in [-0.15, -0.1) is 0 Å². The molecule has 34 heavy (non-hydrogen) atoms. The van der Waals surface area contributed by atoms with Crippen LogP contribution in [0, 0.1) is 5.82 Å². The number of anilines is 1. The van der Waals surface area contributed by atoms with Gasteiger partial charge in [-0.05, 0) is 38.3 Å². The highest BCUT2D eigenvalue weighted by molar-refractivity contribution is 5.82. The minimum absolute atomic E-state index is 0.0189. The lowest BCUT2D eigenvalue weighted by atomic mass is 9.92. The molecule has 3 rings (SSSR count). The molecule has 1 amide bonds. The van der Waals surface area contributed by atoms with Gasteiger partial charge in [-0.2, -0.15) is 18.2 Å². The summed E-state index contributed by atoms with van der Waals surface area (Å²) >= 11 is 0. The van der Waals surface area contributed by atoms with Gasteiger partial charge in [0, 0.05) is 31.0 Å². The molecule has 1 aromatic heterocycles. The van der Waals surface area contributed by atoms with E-state index in [4.69, 9.17) is 14.6 Å². The Hall–Kier alpha value is -2.77. The fraction of sp³-hybridized carbons (Fsp3) is 0.650. The van der Waals surface area contributed by atoms with E-state index in [2.05, 4.69) is 20.9 Å². The van der Waals surface area contributed by atoms with Crippen molar-refractivity contribution in [1.82, 2.24) is 15.6 Å². The van der Waals surface area contributed by atoms with Gasteiger partial charge in [0.2, 0.25) is 17.7 Å². The molecule has 2 heterocycles. The molecule has 14 heteroatoms. The number of halogens is 6. The Kier molecular flexibility index (Phi) is 9.36. The Balaban J connectivity index is 0.000000509. The summed E-state index contributed by atoms with van der Waals surface area (Å²) in [4.78, 5) is 25.1. The fourth-order valence-electron chi connectivity index (χ4n) is 3.51. The monoisotopic (exact) mass is 500 g/mol. The number of ether oxygens (including phenoxy) is 1. The van der Waals surface area contributed by atoms with E-state index in [1.54, 1.807) is 0 Å². The second-order valence-electron chi connectivity index (χ2n) is 7.93. The summed E-state index contributed by atoms with van der Waals surface area (Å²) in [5.74, 6) is -5.96. The van der Waals surface area contributed by atoms with Crippen LogP contribution in [-0.2, 0) is 16.1 Å². The van der Waals surface area contributed by atoms with Crippen LogP contribution in [0.15, 0.2) is 6.07 Å². The zero-order valence-electron chi connectivity index (χ0n) is 18.3. The summed E-state index contributed by atoms with van der Waals surface area (Å²) in [5, 5.41) is 15.9. The highest BCUT2D eigenvalue weighted by Gasteiger charge is 2.38. The van der Waals surface area contributed by atoms with Crippen molar-refractivity contribution in [2.45, 2.75) is 69.3 Å². The summed E-state index contributed by atoms with van der Waals surface area (Å²) in [6, 6.07) is 0.781. The Bertz CT molecular complexity index is 852. The first-order chi connectivity index (χ1) is 15.8. The standard InChI is InChI=1S/C18H25F3N4O2.C2HF3O2/c1-27-17-11(10-23-16(26)14-3-2-8-22-14)9-13(19)15(25-17)24-12-4-6-18(20,21)7-5-12;3-2(4,5)1(6)7/h9,12,14,22H,2-8,10H2,1H3,(H,23,26)(H,24,25);(H,6,7)/t14-;/m0./s1. The first-order valence-electron chi connectivity index (χ1n) is 10.5. The number of alkyl halides is 5. The lowest BCUT2D eigenvalue weighted by Crippen LogP contribution is -2.40. The van der Waals surface area contributed by atoms with E-state index >= 15 is 0 Å². The Morgan fingerprint density at radius 2 is 1.88 bits per heavy atom. The number of pyridine rings is 1. The molecule has 2 fully saturated rings. The van der Waals surface area contributed by atoms with Crippen molar-refractivity contribution in [3.05, 3.63) is 17.4 Å². The van der Waals surface area contributed by atoms with Gasteiger partial charge < -0.3 is 25.8 Å². The molecule has 1 aliphatic heterocycles. The van der Waals surface area contributed by atoms with Crippen LogP contribution in [0.4, 0.5) is 32.2 Å². The van der Waals surface area contributed by atoms with Crippen LogP contribution < -0.4 is 20.7 Å². The van der Waals surface area contributed by atoms with Crippen molar-refractivity contribution in [3.8, 4) is 5.88 Å². The normalized spacial score (nSPS) is 20.1. The van der Waals surface area contributed by atoms with Crippen LogP contribution in [0.25, 0.3) is 0 Å². The van der Waals surface area contributed by atoms with Gasteiger partial charge in [0.05, 0.1) is 13.2 Å². The highest BCUT2D eigenvalue weighted by atomic mass is 19.4. The van der Waals surface area contributed by atoms with Gasteiger partial charge in [-0.25, -0.2) is 18.0 Å². The summed E-state index contributed by atoms with van der Waals surface area (Å²) < 4.78 is 77.9. The second-order valence-corrected chi connectivity index (χ2v) is 7.93. The van der Waals surface area contributed by atoms with E-state index in [0.29, 0.717) is 5.56 Å². The lowest BCUT2D eigenvalue weighted by molar-refractivity contribution is -0.192. The number of aromatic nitrogens is 1. The number of aliphatic carboxylic acids is 1. The number of nitrogens with one attached hydrogen (secondary N) is 3. The molecule has 192 valence electrons. The van der Waals surface area contributed by atoms with Gasteiger partial charge >= 0.3 is 12.1 Å². The molecule has 0 aromatic carbocycles. The average molecular weight is 500 g/mol. The average Bonchev–Trinajstić information content (AvgIpc) is 3.29. The third kappa shape index (κ3) is 8.22. The maximum Gasteiger partial charge on any atom is 0.490 e. The van der Waals surface area contributed by atoms with E-state index in [1.165, 1.54) is 13.2 Å². The number of rotatable bonds is 6. The van der Waals surface area contributed by atoms with Crippen molar-refractivity contribution in [3.63, 3.8) is 0 Å². The minimum atomic E-state index is -5.08. The second kappa shape index (κ2) is 11.6. The molecule has 1 saturated heterocycles. The highest BCUT2D eigenvalue weighted by Crippen LogP contribution is 2.34. The van der Waals surface area contributed by atoms with Crippen LogP contribution in [0.5, 0.6) is 5.88 Å². The number of carboxylic acid groups (broad SMARTS) is 1. The quantitative estimate of drug-likeness (QED) is 0.444. The number of carbonyl (C=O) groups excluding carboxylic acids is 1. The van der Waals surface area contributed by atoms with E-state index < -0.39 is 23.9 Å². The first-order valence-corrected chi connectivity index (χ1v) is 10.5. The van der Waals surface area contributed by atoms with Crippen molar-refractivity contribution < 1.29 is 45.8 Å². The number of hydrogen-bond donors (Lipinski definition) is 4. The Morgan fingerprint density at radius 3 is 2.38 bits per heavy atom. The van der Waals surface area contributed by atoms with Gasteiger partial charge in [0.25, 0.3) is 0 Å². The number of amides is 1. The molecule has 1 atom stereocenters. The molecular formula is C20H26F6N4O4. The molecule has 1 saturated carbocycles. The third-order valence-corrected chi connectivity index (χ3v) is 5.34. The Morgan fingerprint density at radius 1 is 1.26 bits per heavy atom. The van der Waals surface area contributed by atoms with Crippen molar-refractivity contribution in [1.29, 1.82) is 0 Å². The first kappa shape index (κ1) is 27.5. The number of carboxylic acids is 1. The van der Waals surface area contributed by atoms with E-state index in [-0.39, 0.29) is 61.9 Å². The molecular weight excluding hydrogens is 474 g/mol. The van der Waals surface area contributed by atoms with E-state index in [9.17, 15) is 31.1 Å². The molecule has 4 N–H and O–H groups in total. The van der Waals surface area contributed by atoms with Crippen molar-refractivity contribution >= 4 is 17.7 Å². The predicted octanol–water partition coefficient (Wildman–Crippen LogP) is 3.22. The third-order valence-electron chi connectivity index (χ3n) is 5.34. The molecule has 0 radical (unpaired) electrons. The van der Waals surface area contributed by atoms with Crippen LogP contribution >= 0.6 is 0 Å². The van der Waals surface area contributed by atoms with E-state index in [0.717, 1.165) is 19.4 Å². The molecule has 0 unspecified atom stereocenters. The maximum atomic E-state index is 14.4. The van der Waals surface area contributed by atoms with Crippen molar-refractivity contribution in [2.75, 3.05) is 19.0 Å². The largest absolute Gasteiger partial charge is 0.490 e.